The summed E-state index contributed by atoms with van der Waals surface area (Å²) in [6.45, 7) is 1.48. The molecule has 1 aliphatic rings. The molecule has 1 heterocycles. The first kappa shape index (κ1) is 18.9. The number of ether oxygens (including phenoxy) is 2. The van der Waals surface area contributed by atoms with Crippen LogP contribution in [0.15, 0.2) is 35.6 Å². The SMILES string of the molecule is COCCn1c(CNC2CC2)cnc1S(=O)(=O)Cc1cccc(OC)c1. The second-order valence-electron chi connectivity index (χ2n) is 6.44. The van der Waals surface area contributed by atoms with Crippen LogP contribution < -0.4 is 10.1 Å². The van der Waals surface area contributed by atoms with Crippen molar-refractivity contribution in [3.63, 3.8) is 0 Å². The molecule has 1 aromatic carbocycles. The van der Waals surface area contributed by atoms with Crippen LogP contribution in [0.5, 0.6) is 5.75 Å². The zero-order valence-corrected chi connectivity index (χ0v) is 16.0. The van der Waals surface area contributed by atoms with Crippen molar-refractivity contribution in [2.24, 2.45) is 0 Å². The smallest absolute Gasteiger partial charge is 0.228 e. The van der Waals surface area contributed by atoms with Crippen LogP contribution in [0.3, 0.4) is 0 Å². The average Bonchev–Trinajstić information content (AvgIpc) is 3.36. The van der Waals surface area contributed by atoms with Gasteiger partial charge in [-0.2, -0.15) is 0 Å². The first-order valence-corrected chi connectivity index (χ1v) is 10.3. The van der Waals surface area contributed by atoms with Crippen LogP contribution >= 0.6 is 0 Å². The second kappa shape index (κ2) is 8.20. The molecule has 0 atom stereocenters. The predicted octanol–water partition coefficient (Wildman–Crippen LogP) is 1.76. The maximum Gasteiger partial charge on any atom is 0.228 e. The van der Waals surface area contributed by atoms with E-state index in [9.17, 15) is 8.42 Å². The Kier molecular flexibility index (Phi) is 5.95. The summed E-state index contributed by atoms with van der Waals surface area (Å²) in [5, 5.41) is 3.49. The second-order valence-corrected chi connectivity index (χ2v) is 8.33. The average molecular weight is 379 g/mol. The molecule has 2 aromatic rings. The van der Waals surface area contributed by atoms with Crippen LogP contribution in [-0.2, 0) is 33.4 Å². The van der Waals surface area contributed by atoms with E-state index in [1.54, 1.807) is 49.2 Å². The number of nitrogens with one attached hydrogen (secondary N) is 1. The van der Waals surface area contributed by atoms with Crippen molar-refractivity contribution < 1.29 is 17.9 Å². The molecule has 0 bridgehead atoms. The highest BCUT2D eigenvalue weighted by atomic mass is 32.2. The zero-order valence-electron chi connectivity index (χ0n) is 15.1. The lowest BCUT2D eigenvalue weighted by Crippen LogP contribution is -2.21. The Morgan fingerprint density at radius 1 is 1.31 bits per heavy atom. The fourth-order valence-electron chi connectivity index (χ4n) is 2.79. The minimum atomic E-state index is -3.59. The lowest BCUT2D eigenvalue weighted by atomic mass is 10.2. The van der Waals surface area contributed by atoms with Gasteiger partial charge in [0.2, 0.25) is 15.0 Å². The van der Waals surface area contributed by atoms with Gasteiger partial charge in [-0.3, -0.25) is 0 Å². The summed E-state index contributed by atoms with van der Waals surface area (Å²) in [7, 11) is -0.428. The van der Waals surface area contributed by atoms with Gasteiger partial charge in [0.25, 0.3) is 0 Å². The van der Waals surface area contributed by atoms with Crippen molar-refractivity contribution in [2.75, 3.05) is 20.8 Å². The van der Waals surface area contributed by atoms with Gasteiger partial charge < -0.3 is 19.4 Å². The van der Waals surface area contributed by atoms with Crippen LogP contribution in [0.25, 0.3) is 0 Å². The van der Waals surface area contributed by atoms with Crippen molar-refractivity contribution in [2.45, 2.75) is 42.9 Å². The van der Waals surface area contributed by atoms with E-state index in [1.165, 1.54) is 12.8 Å². The van der Waals surface area contributed by atoms with Crippen LogP contribution in [0.4, 0.5) is 0 Å². The Hall–Kier alpha value is -1.90. The molecule has 0 aliphatic heterocycles. The Morgan fingerprint density at radius 3 is 2.81 bits per heavy atom. The van der Waals surface area contributed by atoms with Crippen molar-refractivity contribution >= 4 is 9.84 Å². The molecule has 0 spiro atoms. The van der Waals surface area contributed by atoms with Gasteiger partial charge in [0, 0.05) is 26.2 Å². The molecule has 26 heavy (non-hydrogen) atoms. The molecule has 0 saturated heterocycles. The fourth-order valence-corrected chi connectivity index (χ4v) is 4.29. The van der Waals surface area contributed by atoms with Gasteiger partial charge in [0.1, 0.15) is 5.75 Å². The molecule has 0 unspecified atom stereocenters. The number of hydrogen-bond acceptors (Lipinski definition) is 6. The largest absolute Gasteiger partial charge is 0.497 e. The zero-order chi connectivity index (χ0) is 18.6. The number of sulfone groups is 1. The van der Waals surface area contributed by atoms with Gasteiger partial charge in [0.15, 0.2) is 0 Å². The number of hydrogen-bond donors (Lipinski definition) is 1. The van der Waals surface area contributed by atoms with Gasteiger partial charge in [-0.05, 0) is 30.5 Å². The van der Waals surface area contributed by atoms with E-state index in [2.05, 4.69) is 10.3 Å². The first-order chi connectivity index (χ1) is 12.5. The minimum Gasteiger partial charge on any atom is -0.497 e. The monoisotopic (exact) mass is 379 g/mol. The Balaban J connectivity index is 1.84. The molecule has 1 N–H and O–H groups in total. The van der Waals surface area contributed by atoms with Gasteiger partial charge in [-0.15, -0.1) is 0 Å². The Labute approximate surface area is 154 Å². The summed E-state index contributed by atoms with van der Waals surface area (Å²) in [5.74, 6) is 0.513. The molecule has 8 heteroatoms. The van der Waals surface area contributed by atoms with Crippen molar-refractivity contribution in [1.82, 2.24) is 14.9 Å². The highest BCUT2D eigenvalue weighted by Crippen LogP contribution is 2.22. The number of methoxy groups -OCH3 is 2. The third-order valence-corrected chi connectivity index (χ3v) is 5.93. The lowest BCUT2D eigenvalue weighted by Gasteiger charge is -2.13. The number of aromatic nitrogens is 2. The van der Waals surface area contributed by atoms with Crippen molar-refractivity contribution in [3.05, 3.63) is 41.7 Å². The highest BCUT2D eigenvalue weighted by Gasteiger charge is 2.25. The molecule has 1 fully saturated rings. The van der Waals surface area contributed by atoms with Crippen LogP contribution in [-0.4, -0.2) is 44.8 Å². The van der Waals surface area contributed by atoms with E-state index in [1.807, 2.05) is 0 Å². The summed E-state index contributed by atoms with van der Waals surface area (Å²) in [4.78, 5) is 4.23. The number of imidazole rings is 1. The molecular weight excluding hydrogens is 354 g/mol. The molecule has 142 valence electrons. The first-order valence-electron chi connectivity index (χ1n) is 8.66. The molecule has 1 aliphatic carbocycles. The topological polar surface area (TPSA) is 82.5 Å². The van der Waals surface area contributed by atoms with Crippen LogP contribution in [0, 0.1) is 0 Å². The molecule has 1 aromatic heterocycles. The van der Waals surface area contributed by atoms with E-state index < -0.39 is 9.84 Å². The lowest BCUT2D eigenvalue weighted by molar-refractivity contribution is 0.183. The molecule has 0 amide bonds. The standard InChI is InChI=1S/C18H25N3O4S/c1-24-9-8-21-16(11-19-15-6-7-15)12-20-18(21)26(22,23)13-14-4-3-5-17(10-14)25-2/h3-5,10,12,15,19H,6-9,11,13H2,1-2H3. The highest BCUT2D eigenvalue weighted by molar-refractivity contribution is 7.90. The minimum absolute atomic E-state index is 0.0879. The fraction of sp³-hybridized carbons (Fsp3) is 0.500. The molecule has 0 radical (unpaired) electrons. The normalized spacial score (nSPS) is 14.5. The van der Waals surface area contributed by atoms with Crippen molar-refractivity contribution in [3.8, 4) is 5.75 Å². The Morgan fingerprint density at radius 2 is 2.12 bits per heavy atom. The van der Waals surface area contributed by atoms with Gasteiger partial charge in [-0.1, -0.05) is 12.1 Å². The van der Waals surface area contributed by atoms with E-state index in [0.29, 0.717) is 37.1 Å². The third kappa shape index (κ3) is 4.63. The molecule has 1 saturated carbocycles. The predicted molar refractivity (Wildman–Crippen MR) is 97.8 cm³/mol. The number of benzene rings is 1. The van der Waals surface area contributed by atoms with Crippen LogP contribution in [0.2, 0.25) is 0 Å². The van der Waals surface area contributed by atoms with Crippen LogP contribution in [0.1, 0.15) is 24.1 Å². The van der Waals surface area contributed by atoms with E-state index in [-0.39, 0.29) is 10.9 Å². The summed E-state index contributed by atoms with van der Waals surface area (Å²) in [6, 6.07) is 7.62. The summed E-state index contributed by atoms with van der Waals surface area (Å²) < 4.78 is 38.0. The number of rotatable bonds is 10. The maximum atomic E-state index is 13.0. The van der Waals surface area contributed by atoms with E-state index in [4.69, 9.17) is 9.47 Å². The summed E-state index contributed by atoms with van der Waals surface area (Å²) >= 11 is 0. The van der Waals surface area contributed by atoms with Gasteiger partial charge in [0.05, 0.1) is 31.4 Å². The van der Waals surface area contributed by atoms with E-state index in [0.717, 1.165) is 5.69 Å². The van der Waals surface area contributed by atoms with Gasteiger partial charge >= 0.3 is 0 Å². The molecule has 3 rings (SSSR count). The van der Waals surface area contributed by atoms with Gasteiger partial charge in [-0.25, -0.2) is 13.4 Å². The molecule has 7 nitrogen and oxygen atoms in total. The molecular formula is C18H25N3O4S. The quantitative estimate of drug-likeness (QED) is 0.677. The third-order valence-electron chi connectivity index (χ3n) is 4.34. The Bertz CT molecular complexity index is 844. The maximum absolute atomic E-state index is 13.0. The van der Waals surface area contributed by atoms with E-state index >= 15 is 0 Å². The summed E-state index contributed by atoms with van der Waals surface area (Å²) in [5.41, 5.74) is 1.53. The summed E-state index contributed by atoms with van der Waals surface area (Å²) in [6.07, 6.45) is 3.99. The number of nitrogens with zero attached hydrogens (tertiary/aromatic N) is 2. The van der Waals surface area contributed by atoms with Crippen molar-refractivity contribution in [1.29, 1.82) is 0 Å².